The molecule has 3 rings (SSSR count). The minimum atomic E-state index is -1.05. The Labute approximate surface area is 162 Å². The quantitative estimate of drug-likeness (QED) is 0.644. The van der Waals surface area contributed by atoms with Crippen molar-refractivity contribution in [3.05, 3.63) is 56.0 Å². The van der Waals surface area contributed by atoms with Crippen molar-refractivity contribution in [1.82, 2.24) is 5.32 Å². The number of primary amides is 1. The molecule has 7 heteroatoms. The molecule has 0 aliphatic carbocycles. The summed E-state index contributed by atoms with van der Waals surface area (Å²) in [6, 6.07) is 9.88. The summed E-state index contributed by atoms with van der Waals surface area (Å²) in [6.07, 6.45) is 1.08. The van der Waals surface area contributed by atoms with Crippen LogP contribution in [0.2, 0.25) is 0 Å². The van der Waals surface area contributed by atoms with Gasteiger partial charge in [-0.3, -0.25) is 10.1 Å². The van der Waals surface area contributed by atoms with Crippen molar-refractivity contribution in [2.75, 3.05) is 13.7 Å². The van der Waals surface area contributed by atoms with Crippen molar-refractivity contribution in [2.45, 2.75) is 18.4 Å². The third-order valence-corrected chi connectivity index (χ3v) is 5.63. The maximum atomic E-state index is 12.5. The summed E-state index contributed by atoms with van der Waals surface area (Å²) in [5, 5.41) is 13.0. The van der Waals surface area contributed by atoms with Gasteiger partial charge in [-0.1, -0.05) is 0 Å². The Bertz CT molecular complexity index is 818. The average Bonchev–Trinajstić information content (AvgIpc) is 2.54. The van der Waals surface area contributed by atoms with Gasteiger partial charge in [-0.15, -0.1) is 0 Å². The summed E-state index contributed by atoms with van der Waals surface area (Å²) in [5.74, 6) is 0.289. The lowest BCUT2D eigenvalue weighted by atomic mass is 9.77. The van der Waals surface area contributed by atoms with E-state index < -0.39 is 11.4 Å². The monoisotopic (exact) mass is 467 g/mol. The van der Waals surface area contributed by atoms with Gasteiger partial charge >= 0.3 is 0 Å². The minimum Gasteiger partial charge on any atom is -0.507 e. The Balaban J connectivity index is 2.09. The number of fused-ring (bicyclic) bond motifs is 1. The molecule has 0 spiro atoms. The lowest BCUT2D eigenvalue weighted by molar-refractivity contribution is -0.125. The second kappa shape index (κ2) is 6.97. The zero-order valence-corrected chi connectivity index (χ0v) is 16.7. The lowest BCUT2D eigenvalue weighted by Gasteiger charge is -2.38. The molecule has 1 radical (unpaired) electrons. The Morgan fingerprint density at radius 3 is 2.68 bits per heavy atom. The van der Waals surface area contributed by atoms with Crippen LogP contribution in [0.1, 0.15) is 16.7 Å². The second-order valence-corrected chi connectivity index (χ2v) is 7.68. The van der Waals surface area contributed by atoms with Gasteiger partial charge in [-0.2, -0.15) is 0 Å². The fraction of sp³-hybridized carbons (Fsp3) is 0.278. The molecule has 0 bridgehead atoms. The van der Waals surface area contributed by atoms with Crippen molar-refractivity contribution in [3.63, 3.8) is 0 Å². The van der Waals surface area contributed by atoms with E-state index in [2.05, 4.69) is 43.2 Å². The summed E-state index contributed by atoms with van der Waals surface area (Å²) in [7, 11) is 1.59. The Hall–Kier alpha value is -1.57. The highest BCUT2D eigenvalue weighted by Gasteiger charge is 2.42. The van der Waals surface area contributed by atoms with Crippen LogP contribution in [0.4, 0.5) is 0 Å². The highest BCUT2D eigenvalue weighted by Crippen LogP contribution is 2.38. The van der Waals surface area contributed by atoms with Crippen LogP contribution in [0.5, 0.6) is 11.5 Å². The number of carbonyl (C=O) groups excluding carboxylic acids is 1. The first-order valence-electron chi connectivity index (χ1n) is 7.68. The van der Waals surface area contributed by atoms with Crippen LogP contribution >= 0.6 is 31.9 Å². The van der Waals surface area contributed by atoms with Crippen LogP contribution in [0.3, 0.4) is 0 Å². The van der Waals surface area contributed by atoms with Crippen molar-refractivity contribution >= 4 is 37.8 Å². The predicted octanol–water partition coefficient (Wildman–Crippen LogP) is 2.79. The molecule has 25 heavy (non-hydrogen) atoms. The van der Waals surface area contributed by atoms with Gasteiger partial charge in [0.2, 0.25) is 5.91 Å². The first kappa shape index (κ1) is 18.2. The molecule has 4 N–H and O–H groups in total. The molecular formula is C18H17Br2N2O3. The van der Waals surface area contributed by atoms with E-state index >= 15 is 0 Å². The highest BCUT2D eigenvalue weighted by atomic mass is 79.9. The molecule has 2 aromatic carbocycles. The van der Waals surface area contributed by atoms with Crippen molar-refractivity contribution in [2.24, 2.45) is 5.73 Å². The van der Waals surface area contributed by atoms with E-state index in [1.165, 1.54) is 0 Å². The normalized spacial score (nSPS) is 19.3. The molecule has 0 fully saturated rings. The van der Waals surface area contributed by atoms with Crippen molar-refractivity contribution in [1.29, 1.82) is 0 Å². The van der Waals surface area contributed by atoms with Crippen LogP contribution < -0.4 is 15.8 Å². The number of amides is 1. The van der Waals surface area contributed by atoms with E-state index in [0.29, 0.717) is 25.1 Å². The molecule has 0 aromatic heterocycles. The predicted molar refractivity (Wildman–Crippen MR) is 102 cm³/mol. The summed E-state index contributed by atoms with van der Waals surface area (Å²) >= 11 is 6.98. The minimum absolute atomic E-state index is 0.0638. The number of carbonyl (C=O) groups is 1. The number of nitrogens with two attached hydrogens (primary N) is 1. The molecule has 1 unspecified atom stereocenters. The van der Waals surface area contributed by atoms with Gasteiger partial charge in [0.05, 0.1) is 16.1 Å². The molecule has 1 aliphatic heterocycles. The van der Waals surface area contributed by atoms with E-state index in [0.717, 1.165) is 25.6 Å². The molecular weight excluding hydrogens is 452 g/mol. The maximum absolute atomic E-state index is 12.5. The number of methoxy groups -OCH3 is 1. The zero-order valence-electron chi connectivity index (χ0n) is 13.5. The van der Waals surface area contributed by atoms with E-state index in [1.54, 1.807) is 19.2 Å². The standard InChI is InChI=1S/C18H17Br2N2O3/c1-25-16-14(19)6-10(7-15(16)20)9-18(17(21)24)13-3-2-12(23)8-11(13)4-5-22-18/h3,6-8,22-23H,4-5,9H2,1H3,(H2,21,24). The summed E-state index contributed by atoms with van der Waals surface area (Å²) in [5.41, 5.74) is 7.33. The smallest absolute Gasteiger partial charge is 0.242 e. The van der Waals surface area contributed by atoms with Crippen LogP contribution in [0, 0.1) is 6.07 Å². The zero-order chi connectivity index (χ0) is 18.2. The van der Waals surface area contributed by atoms with Gasteiger partial charge < -0.3 is 15.6 Å². The molecule has 2 aromatic rings. The topological polar surface area (TPSA) is 84.6 Å². The Morgan fingerprint density at radius 1 is 1.40 bits per heavy atom. The highest BCUT2D eigenvalue weighted by molar-refractivity contribution is 9.11. The largest absolute Gasteiger partial charge is 0.507 e. The number of aromatic hydroxyl groups is 1. The number of phenolic OH excluding ortho intramolecular Hbond substituents is 1. The maximum Gasteiger partial charge on any atom is 0.242 e. The number of ether oxygens (including phenoxy) is 1. The van der Waals surface area contributed by atoms with E-state index in [4.69, 9.17) is 10.5 Å². The number of hydrogen-bond donors (Lipinski definition) is 3. The first-order chi connectivity index (χ1) is 11.9. The van der Waals surface area contributed by atoms with Gasteiger partial charge in [0.1, 0.15) is 17.0 Å². The molecule has 1 amide bonds. The van der Waals surface area contributed by atoms with Crippen LogP contribution in [0.15, 0.2) is 33.2 Å². The first-order valence-corrected chi connectivity index (χ1v) is 9.27. The number of nitrogens with one attached hydrogen (secondary N) is 1. The summed E-state index contributed by atoms with van der Waals surface area (Å²) in [6.45, 7) is 0.595. The van der Waals surface area contributed by atoms with Gasteiger partial charge in [0.25, 0.3) is 0 Å². The fourth-order valence-corrected chi connectivity index (χ4v) is 4.92. The molecule has 1 atom stereocenters. The number of benzene rings is 2. The average molecular weight is 469 g/mol. The van der Waals surface area contributed by atoms with Gasteiger partial charge in [0, 0.05) is 19.0 Å². The fourth-order valence-electron chi connectivity index (χ4n) is 3.31. The van der Waals surface area contributed by atoms with Gasteiger partial charge in [-0.25, -0.2) is 0 Å². The Morgan fingerprint density at radius 2 is 2.08 bits per heavy atom. The van der Waals surface area contributed by atoms with Crippen molar-refractivity contribution in [3.8, 4) is 11.5 Å². The van der Waals surface area contributed by atoms with Gasteiger partial charge in [-0.05, 0) is 79.2 Å². The second-order valence-electron chi connectivity index (χ2n) is 5.97. The SMILES string of the molecule is COc1c(Br)cc(CC2(C(N)=O)NCCc3cc(O)[c]cc32)cc1Br. The van der Waals surface area contributed by atoms with E-state index in [1.807, 2.05) is 12.1 Å². The molecule has 0 saturated carbocycles. The third-order valence-electron chi connectivity index (χ3n) is 4.45. The molecule has 1 heterocycles. The molecule has 131 valence electrons. The molecule has 5 nitrogen and oxygen atoms in total. The number of halogens is 2. The van der Waals surface area contributed by atoms with Crippen LogP contribution in [0.25, 0.3) is 0 Å². The van der Waals surface area contributed by atoms with Crippen LogP contribution in [-0.2, 0) is 23.2 Å². The number of rotatable bonds is 4. The molecule has 1 aliphatic rings. The number of phenols is 1. The number of hydrogen-bond acceptors (Lipinski definition) is 4. The third kappa shape index (κ3) is 3.28. The summed E-state index contributed by atoms with van der Waals surface area (Å²) < 4.78 is 6.90. The van der Waals surface area contributed by atoms with E-state index in [-0.39, 0.29) is 5.75 Å². The molecule has 0 saturated heterocycles. The lowest BCUT2D eigenvalue weighted by Crippen LogP contribution is -2.57. The van der Waals surface area contributed by atoms with Crippen molar-refractivity contribution < 1.29 is 14.6 Å². The van der Waals surface area contributed by atoms with Crippen LogP contribution in [-0.4, -0.2) is 24.7 Å². The van der Waals surface area contributed by atoms with E-state index in [9.17, 15) is 9.90 Å². The summed E-state index contributed by atoms with van der Waals surface area (Å²) in [4.78, 5) is 12.5. The Kier molecular flexibility index (Phi) is 5.09. The van der Waals surface area contributed by atoms with Gasteiger partial charge in [0.15, 0.2) is 0 Å².